The lowest BCUT2D eigenvalue weighted by molar-refractivity contribution is 0.221. The quantitative estimate of drug-likeness (QED) is 0.250. The van der Waals surface area contributed by atoms with Gasteiger partial charge in [-0.1, -0.05) is 24.3 Å². The van der Waals surface area contributed by atoms with Crippen LogP contribution in [-0.4, -0.2) is 58.3 Å². The van der Waals surface area contributed by atoms with Crippen molar-refractivity contribution in [1.29, 1.82) is 0 Å². The Morgan fingerprint density at radius 2 is 1.32 bits per heavy atom. The van der Waals surface area contributed by atoms with E-state index in [4.69, 9.17) is 23.7 Å². The second-order valence-electron chi connectivity index (χ2n) is 12.1. The fourth-order valence-electron chi connectivity index (χ4n) is 7.07. The molecule has 7 heteroatoms. The van der Waals surface area contributed by atoms with E-state index in [0.717, 1.165) is 67.1 Å². The molecule has 4 aromatic rings. The minimum atomic E-state index is 0.0458. The van der Waals surface area contributed by atoms with E-state index in [1.165, 1.54) is 22.3 Å². The second kappa shape index (κ2) is 11.7. The van der Waals surface area contributed by atoms with E-state index in [1.807, 2.05) is 6.07 Å². The van der Waals surface area contributed by atoms with Crippen LogP contribution in [0.3, 0.4) is 0 Å². The molecule has 0 saturated carbocycles. The van der Waals surface area contributed by atoms with Gasteiger partial charge in [-0.05, 0) is 110 Å². The lowest BCUT2D eigenvalue weighted by Gasteiger charge is -2.37. The molecule has 4 aliphatic rings. The van der Waals surface area contributed by atoms with Crippen molar-refractivity contribution in [2.75, 3.05) is 48.5 Å². The normalized spacial score (nSPS) is 19.6. The van der Waals surface area contributed by atoms with Gasteiger partial charge in [0.05, 0.1) is 21.3 Å². The van der Waals surface area contributed by atoms with Crippen molar-refractivity contribution in [3.8, 4) is 40.2 Å². The monoisotopic (exact) mass is 592 g/mol. The van der Waals surface area contributed by atoms with Crippen molar-refractivity contribution < 1.29 is 23.7 Å². The molecule has 7 nitrogen and oxygen atoms in total. The maximum Gasteiger partial charge on any atom is 0.204 e. The van der Waals surface area contributed by atoms with E-state index in [0.29, 0.717) is 23.0 Å². The van der Waals surface area contributed by atoms with Crippen molar-refractivity contribution in [2.24, 2.45) is 0 Å². The van der Waals surface area contributed by atoms with Crippen LogP contribution in [0.2, 0.25) is 0 Å². The zero-order valence-electron chi connectivity index (χ0n) is 26.2. The number of nitrogens with zero attached hydrogens (tertiary/aromatic N) is 2. The Balaban J connectivity index is 1.44. The molecule has 0 saturated heterocycles. The summed E-state index contributed by atoms with van der Waals surface area (Å²) in [7, 11) is 9.46. The molecule has 0 fully saturated rings. The lowest BCUT2D eigenvalue weighted by Crippen LogP contribution is -2.34. The van der Waals surface area contributed by atoms with Crippen LogP contribution in [-0.2, 0) is 25.7 Å². The number of likely N-dealkylation sites (N-methyl/N-ethyl adjacent to an activating group) is 2. The summed E-state index contributed by atoms with van der Waals surface area (Å²) >= 11 is 0. The number of hydrogen-bond donors (Lipinski definition) is 0. The van der Waals surface area contributed by atoms with Crippen molar-refractivity contribution in [3.63, 3.8) is 0 Å². The molecule has 4 aromatic carbocycles. The Kier molecular flexibility index (Phi) is 7.60. The van der Waals surface area contributed by atoms with Crippen molar-refractivity contribution in [3.05, 3.63) is 100 Å². The third-order valence-corrected chi connectivity index (χ3v) is 9.55. The fraction of sp³-hybridized carbons (Fsp3) is 0.351. The molecule has 44 heavy (non-hydrogen) atoms. The van der Waals surface area contributed by atoms with Gasteiger partial charge in [0.1, 0.15) is 11.5 Å². The number of benzene rings is 4. The van der Waals surface area contributed by atoms with E-state index in [9.17, 15) is 0 Å². The molecule has 0 unspecified atom stereocenters. The van der Waals surface area contributed by atoms with Crippen LogP contribution in [0.1, 0.15) is 45.5 Å². The maximum atomic E-state index is 6.93. The van der Waals surface area contributed by atoms with Gasteiger partial charge in [-0.2, -0.15) is 0 Å². The molecule has 0 radical (unpaired) electrons. The molecule has 8 rings (SSSR count). The zero-order chi connectivity index (χ0) is 30.4. The van der Waals surface area contributed by atoms with Crippen LogP contribution < -0.4 is 23.7 Å². The standard InChI is InChI=1S/C37H40N2O5/c1-38-16-14-25-9-12-28-22-29(25)30(38)18-23-6-10-27(11-7-23)43-33-20-24(8-13-32(33)40-3)19-31-35-26(15-17-39(31)2)21-34(41-4)36(42-5)37(35)44-28/h6-13,20-22,30-31H,14-19H2,1-5H3/t30-,31+/m0/s1. The second-order valence-corrected chi connectivity index (χ2v) is 12.1. The van der Waals surface area contributed by atoms with Crippen molar-refractivity contribution >= 4 is 0 Å². The summed E-state index contributed by atoms with van der Waals surface area (Å²) in [6, 6.07) is 23.6. The molecule has 0 spiro atoms. The van der Waals surface area contributed by atoms with Crippen LogP contribution in [0.15, 0.2) is 66.7 Å². The smallest absolute Gasteiger partial charge is 0.204 e. The lowest BCUT2D eigenvalue weighted by atomic mass is 9.87. The molecule has 0 amide bonds. The predicted octanol–water partition coefficient (Wildman–Crippen LogP) is 7.15. The summed E-state index contributed by atoms with van der Waals surface area (Å²) in [6.07, 6.45) is 3.55. The van der Waals surface area contributed by atoms with Gasteiger partial charge in [-0.3, -0.25) is 9.80 Å². The SMILES string of the molecule is COc1ccc2cc1Oc1ccc(cc1)C[C@H]1c3cc(ccc3CCN1C)Oc1c(OC)c(OC)cc3c1[C@@H](C2)N(C)CC3. The molecule has 0 N–H and O–H groups in total. The third-order valence-electron chi connectivity index (χ3n) is 9.55. The molecule has 228 valence electrons. The number of ether oxygens (including phenoxy) is 5. The van der Waals surface area contributed by atoms with Gasteiger partial charge < -0.3 is 23.7 Å². The Labute approximate surface area is 259 Å². The van der Waals surface area contributed by atoms with E-state index in [1.54, 1.807) is 21.3 Å². The molecule has 4 aliphatic heterocycles. The van der Waals surface area contributed by atoms with Crippen LogP contribution in [0.5, 0.6) is 40.2 Å². The number of rotatable bonds is 3. The molecule has 2 atom stereocenters. The summed E-state index contributed by atoms with van der Waals surface area (Å²) in [6.45, 7) is 1.94. The van der Waals surface area contributed by atoms with Gasteiger partial charge >= 0.3 is 0 Å². The van der Waals surface area contributed by atoms with Gasteiger partial charge in [0.15, 0.2) is 23.0 Å². The zero-order valence-corrected chi connectivity index (χ0v) is 26.2. The van der Waals surface area contributed by atoms with E-state index in [2.05, 4.69) is 84.6 Å². The Morgan fingerprint density at radius 3 is 2.07 bits per heavy atom. The Hall–Kier alpha value is -4.20. The molecule has 4 heterocycles. The molecule has 6 bridgehead atoms. The van der Waals surface area contributed by atoms with Gasteiger partial charge in [0, 0.05) is 30.7 Å². The average molecular weight is 593 g/mol. The summed E-state index contributed by atoms with van der Waals surface area (Å²) in [5.41, 5.74) is 7.43. The Bertz CT molecular complexity index is 1680. The van der Waals surface area contributed by atoms with Gasteiger partial charge in [0.2, 0.25) is 5.75 Å². The van der Waals surface area contributed by atoms with Gasteiger partial charge in [-0.15, -0.1) is 0 Å². The highest BCUT2D eigenvalue weighted by atomic mass is 16.5. The predicted molar refractivity (Wildman–Crippen MR) is 171 cm³/mol. The van der Waals surface area contributed by atoms with Crippen molar-refractivity contribution in [2.45, 2.75) is 37.8 Å². The first-order valence-electron chi connectivity index (χ1n) is 15.4. The van der Waals surface area contributed by atoms with Crippen LogP contribution >= 0.6 is 0 Å². The van der Waals surface area contributed by atoms with E-state index >= 15 is 0 Å². The summed E-state index contributed by atoms with van der Waals surface area (Å²) < 4.78 is 30.9. The average Bonchev–Trinajstić information content (AvgIpc) is 3.04. The minimum absolute atomic E-state index is 0.0458. The summed E-state index contributed by atoms with van der Waals surface area (Å²) in [5, 5.41) is 0. The van der Waals surface area contributed by atoms with Gasteiger partial charge in [0.25, 0.3) is 0 Å². The number of methoxy groups -OCH3 is 3. The maximum absolute atomic E-state index is 6.93. The largest absolute Gasteiger partial charge is 0.493 e. The number of hydrogen-bond acceptors (Lipinski definition) is 7. The van der Waals surface area contributed by atoms with Crippen molar-refractivity contribution in [1.82, 2.24) is 9.80 Å². The van der Waals surface area contributed by atoms with Crippen LogP contribution in [0.25, 0.3) is 0 Å². The first-order chi connectivity index (χ1) is 21.4. The first kappa shape index (κ1) is 28.6. The highest BCUT2D eigenvalue weighted by Gasteiger charge is 2.34. The fourth-order valence-corrected chi connectivity index (χ4v) is 7.07. The molecular weight excluding hydrogens is 552 g/mol. The molecule has 0 aromatic heterocycles. The van der Waals surface area contributed by atoms with Crippen LogP contribution in [0, 0.1) is 0 Å². The molecule has 0 aliphatic carbocycles. The molecular formula is C37H40N2O5. The highest BCUT2D eigenvalue weighted by Crippen LogP contribution is 2.50. The minimum Gasteiger partial charge on any atom is -0.493 e. The third kappa shape index (κ3) is 5.14. The summed E-state index contributed by atoms with van der Waals surface area (Å²) in [5.74, 6) is 5.03. The summed E-state index contributed by atoms with van der Waals surface area (Å²) in [4.78, 5) is 4.85. The first-order valence-corrected chi connectivity index (χ1v) is 15.4. The van der Waals surface area contributed by atoms with E-state index < -0.39 is 0 Å². The number of fused-ring (bicyclic) bond motifs is 2. The highest BCUT2D eigenvalue weighted by molar-refractivity contribution is 5.62. The van der Waals surface area contributed by atoms with Crippen LogP contribution in [0.4, 0.5) is 0 Å². The van der Waals surface area contributed by atoms with Gasteiger partial charge in [-0.25, -0.2) is 0 Å². The Morgan fingerprint density at radius 1 is 0.636 bits per heavy atom. The van der Waals surface area contributed by atoms with E-state index in [-0.39, 0.29) is 12.1 Å². The topological polar surface area (TPSA) is 52.6 Å².